The van der Waals surface area contributed by atoms with Crippen molar-refractivity contribution in [1.82, 2.24) is 5.16 Å². The highest BCUT2D eigenvalue weighted by molar-refractivity contribution is 5.97. The topological polar surface area (TPSA) is 69.1 Å². The Morgan fingerprint density at radius 3 is 2.91 bits per heavy atom. The molecule has 5 heteroatoms. The summed E-state index contributed by atoms with van der Waals surface area (Å²) >= 11 is 0. The second kappa shape index (κ2) is 4.10. The molecule has 0 aliphatic rings. The Kier molecular flexibility index (Phi) is 3.78. The summed E-state index contributed by atoms with van der Waals surface area (Å²) in [5.74, 6) is -0.140. The third-order valence-electron chi connectivity index (χ3n) is 1.24. The van der Waals surface area contributed by atoms with Crippen molar-refractivity contribution in [2.24, 2.45) is 5.73 Å². The van der Waals surface area contributed by atoms with Gasteiger partial charge in [0.2, 0.25) is 0 Å². The van der Waals surface area contributed by atoms with Crippen molar-refractivity contribution >= 4 is 5.78 Å². The minimum absolute atomic E-state index is 0. The molecule has 1 heterocycles. The number of nitrogens with zero attached hydrogens (tertiary/aromatic N) is 1. The standard InChI is InChI=1S/C6H8N2O2.ClH/c1-4-5(3-10-8-4)6(9)2-7;/h3H,2,7H2,1H3;1H. The number of hydrogen-bond acceptors (Lipinski definition) is 4. The van der Waals surface area contributed by atoms with Gasteiger partial charge in [-0.15, -0.1) is 0 Å². The monoisotopic (exact) mass is 176 g/mol. The lowest BCUT2D eigenvalue weighted by Gasteiger charge is -1.89. The fourth-order valence-electron chi connectivity index (χ4n) is 0.670. The van der Waals surface area contributed by atoms with Crippen LogP contribution in [0.5, 0.6) is 0 Å². The summed E-state index contributed by atoms with van der Waals surface area (Å²) < 4.78 is 4.54. The Bertz CT molecular complexity index is 251. The summed E-state index contributed by atoms with van der Waals surface area (Å²) in [6.07, 6.45) is 1.31. The summed E-state index contributed by atoms with van der Waals surface area (Å²) in [6.45, 7) is 1.70. The molecule has 1 aromatic heterocycles. The molecule has 0 bridgehead atoms. The van der Waals surface area contributed by atoms with Crippen LogP contribution < -0.4 is 18.1 Å². The van der Waals surface area contributed by atoms with Crippen LogP contribution in [0, 0.1) is 6.92 Å². The number of carbonyl (C=O) groups is 1. The van der Waals surface area contributed by atoms with Gasteiger partial charge in [0.25, 0.3) is 0 Å². The maximum absolute atomic E-state index is 10.9. The average molecular weight is 177 g/mol. The van der Waals surface area contributed by atoms with Crippen LogP contribution in [-0.4, -0.2) is 17.5 Å². The first-order valence-corrected chi connectivity index (χ1v) is 2.90. The molecule has 0 aliphatic heterocycles. The highest BCUT2D eigenvalue weighted by Gasteiger charge is 2.09. The van der Waals surface area contributed by atoms with Gasteiger partial charge in [-0.25, -0.2) is 0 Å². The molecule has 0 aromatic carbocycles. The molecule has 2 N–H and O–H groups in total. The van der Waals surface area contributed by atoms with Crippen molar-refractivity contribution in [3.05, 3.63) is 17.5 Å². The van der Waals surface area contributed by atoms with Gasteiger partial charge in [-0.1, -0.05) is 5.16 Å². The Morgan fingerprint density at radius 2 is 2.55 bits per heavy atom. The van der Waals surface area contributed by atoms with Gasteiger partial charge in [0.1, 0.15) is 6.26 Å². The average Bonchev–Trinajstić information content (AvgIpc) is 2.34. The van der Waals surface area contributed by atoms with Crippen LogP contribution in [0.1, 0.15) is 17.5 Å². The first-order chi connectivity index (χ1) is 4.75. The Labute approximate surface area is 71.6 Å². The first kappa shape index (κ1) is 10.1. The van der Waals surface area contributed by atoms with Crippen LogP contribution in [0.3, 0.4) is 0 Å². The predicted octanol–water partition coefficient (Wildman–Crippen LogP) is -2.76. The van der Waals surface area contributed by atoms with Crippen LogP contribution in [0.2, 0.25) is 0 Å². The van der Waals surface area contributed by atoms with Gasteiger partial charge >= 0.3 is 1.43 Å². The second-order valence-electron chi connectivity index (χ2n) is 1.94. The van der Waals surface area contributed by atoms with Crippen LogP contribution >= 0.6 is 0 Å². The zero-order valence-corrected chi connectivity index (χ0v) is 6.76. The number of nitrogens with two attached hydrogens (primary N) is 1. The Balaban J connectivity index is 0. The van der Waals surface area contributed by atoms with Gasteiger partial charge in [-0.05, 0) is 6.92 Å². The summed E-state index contributed by atoms with van der Waals surface area (Å²) in [5.41, 5.74) is 6.18. The molecule has 0 atom stereocenters. The van der Waals surface area contributed by atoms with E-state index in [1.807, 2.05) is 0 Å². The van der Waals surface area contributed by atoms with Gasteiger partial charge in [-0.2, -0.15) is 0 Å². The van der Waals surface area contributed by atoms with Crippen molar-refractivity contribution < 1.29 is 23.2 Å². The molecule has 0 saturated heterocycles. The molecule has 1 rings (SSSR count). The Hall–Kier alpha value is -0.870. The van der Waals surface area contributed by atoms with E-state index in [9.17, 15) is 4.79 Å². The number of carbonyl (C=O) groups excluding carboxylic acids is 1. The first-order valence-electron chi connectivity index (χ1n) is 2.90. The molecular weight excluding hydrogens is 168 g/mol. The number of aryl methyl sites for hydroxylation is 1. The molecule has 0 amide bonds. The second-order valence-corrected chi connectivity index (χ2v) is 1.94. The Morgan fingerprint density at radius 1 is 1.91 bits per heavy atom. The van der Waals surface area contributed by atoms with Crippen LogP contribution in [0.25, 0.3) is 0 Å². The normalized spacial score (nSPS) is 8.91. The lowest BCUT2D eigenvalue weighted by molar-refractivity contribution is -0.0000103. The van der Waals surface area contributed by atoms with Crippen molar-refractivity contribution in [3.8, 4) is 0 Å². The lowest BCUT2D eigenvalue weighted by Crippen LogP contribution is -3.00. The molecule has 0 saturated carbocycles. The van der Waals surface area contributed by atoms with Crippen LogP contribution in [0.15, 0.2) is 10.8 Å². The number of aromatic nitrogens is 1. The van der Waals surface area contributed by atoms with E-state index in [1.54, 1.807) is 6.92 Å². The third-order valence-corrected chi connectivity index (χ3v) is 1.24. The van der Waals surface area contributed by atoms with Crippen LogP contribution in [-0.2, 0) is 0 Å². The molecule has 0 radical (unpaired) electrons. The summed E-state index contributed by atoms with van der Waals surface area (Å²) in [6, 6.07) is 0. The highest BCUT2D eigenvalue weighted by atomic mass is 35.5. The van der Waals surface area contributed by atoms with Gasteiger partial charge in [0.05, 0.1) is 17.8 Å². The largest absolute Gasteiger partial charge is 1.00 e. The maximum atomic E-state index is 10.9. The van der Waals surface area contributed by atoms with E-state index in [0.29, 0.717) is 11.3 Å². The van der Waals surface area contributed by atoms with Crippen molar-refractivity contribution in [2.75, 3.05) is 6.54 Å². The molecule has 0 fully saturated rings. The van der Waals surface area contributed by atoms with Crippen LogP contribution in [0.4, 0.5) is 0 Å². The number of Topliss-reactive ketones (excluding diaryl/α,β-unsaturated/α-hetero) is 1. The van der Waals surface area contributed by atoms with Gasteiger partial charge < -0.3 is 22.7 Å². The molecule has 0 unspecified atom stereocenters. The zero-order chi connectivity index (χ0) is 7.56. The van der Waals surface area contributed by atoms with E-state index in [0.717, 1.165) is 0 Å². The van der Waals surface area contributed by atoms with E-state index in [1.165, 1.54) is 6.26 Å². The fraction of sp³-hybridized carbons (Fsp3) is 0.333. The molecule has 11 heavy (non-hydrogen) atoms. The molecule has 62 valence electrons. The lowest BCUT2D eigenvalue weighted by atomic mass is 10.2. The molecule has 0 aliphatic carbocycles. The molecular formula is C6H9ClN2O2. The van der Waals surface area contributed by atoms with Crippen molar-refractivity contribution in [2.45, 2.75) is 6.92 Å². The molecule has 0 spiro atoms. The number of ketones is 1. The predicted molar refractivity (Wildman–Crippen MR) is 35.7 cm³/mol. The quantitative estimate of drug-likeness (QED) is 0.496. The van der Waals surface area contributed by atoms with E-state index in [2.05, 4.69) is 9.68 Å². The van der Waals surface area contributed by atoms with E-state index < -0.39 is 0 Å². The summed E-state index contributed by atoms with van der Waals surface area (Å²) in [7, 11) is 0. The minimum Gasteiger partial charge on any atom is -1.00 e. The molecule has 4 nitrogen and oxygen atoms in total. The fourth-order valence-corrected chi connectivity index (χ4v) is 0.670. The van der Waals surface area contributed by atoms with E-state index >= 15 is 0 Å². The zero-order valence-electron chi connectivity index (χ0n) is 7.00. The number of rotatable bonds is 2. The SMILES string of the molecule is Cc1nocc1C(=O)CN.[Cl-].[H+]. The van der Waals surface area contributed by atoms with Crippen molar-refractivity contribution in [1.29, 1.82) is 0 Å². The third kappa shape index (κ3) is 2.03. The number of hydrogen-bond donors (Lipinski definition) is 1. The van der Waals surface area contributed by atoms with Gasteiger partial charge in [-0.3, -0.25) is 4.79 Å². The van der Waals surface area contributed by atoms with Crippen molar-refractivity contribution in [3.63, 3.8) is 0 Å². The highest BCUT2D eigenvalue weighted by Crippen LogP contribution is 2.04. The summed E-state index contributed by atoms with van der Waals surface area (Å²) in [4.78, 5) is 10.9. The molecule has 1 aromatic rings. The maximum Gasteiger partial charge on any atom is 1.00 e. The van der Waals surface area contributed by atoms with E-state index in [4.69, 9.17) is 5.73 Å². The summed E-state index contributed by atoms with van der Waals surface area (Å²) in [5, 5.41) is 3.53. The van der Waals surface area contributed by atoms with Gasteiger partial charge in [0.15, 0.2) is 5.78 Å². The van der Waals surface area contributed by atoms with E-state index in [-0.39, 0.29) is 26.2 Å². The number of halogens is 1. The smallest absolute Gasteiger partial charge is 1.00 e. The minimum atomic E-state index is -0.140. The van der Waals surface area contributed by atoms with Gasteiger partial charge in [0, 0.05) is 0 Å².